The van der Waals surface area contributed by atoms with Crippen LogP contribution >= 0.6 is 11.8 Å². The second kappa shape index (κ2) is 9.81. The van der Waals surface area contributed by atoms with Gasteiger partial charge in [0.25, 0.3) is 0 Å². The summed E-state index contributed by atoms with van der Waals surface area (Å²) in [4.78, 5) is 2.64. The zero-order valence-electron chi connectivity index (χ0n) is 25.1. The minimum Gasteiger partial charge on any atom is -0.0888 e. The van der Waals surface area contributed by atoms with E-state index in [1.165, 1.54) is 87.0 Å². The first-order valence-electron chi connectivity index (χ1n) is 15.9. The van der Waals surface area contributed by atoms with Crippen LogP contribution < -0.4 is 0 Å². The monoisotopic (exact) mass is 600 g/mol. The van der Waals surface area contributed by atoms with Crippen LogP contribution in [0.2, 0.25) is 0 Å². The van der Waals surface area contributed by atoms with Gasteiger partial charge in [0.05, 0.1) is 5.41 Å². The van der Waals surface area contributed by atoms with Crippen molar-refractivity contribution in [3.63, 3.8) is 0 Å². The molecule has 0 saturated carbocycles. The predicted octanol–water partition coefficient (Wildman–Crippen LogP) is 12.2. The van der Waals surface area contributed by atoms with Crippen LogP contribution in [0.25, 0.3) is 54.9 Å². The third-order valence-corrected chi connectivity index (χ3v) is 11.3. The molecule has 0 amide bonds. The topological polar surface area (TPSA) is 0 Å². The number of fused-ring (bicyclic) bond motifs is 7. The molecule has 1 atom stereocenters. The summed E-state index contributed by atoms with van der Waals surface area (Å²) in [6, 6.07) is 63.3. The molecule has 46 heavy (non-hydrogen) atoms. The largest absolute Gasteiger partial charge is 0.0888 e. The van der Waals surface area contributed by atoms with Gasteiger partial charge in [-0.1, -0.05) is 169 Å². The van der Waals surface area contributed by atoms with Crippen LogP contribution in [0.15, 0.2) is 180 Å². The Morgan fingerprint density at radius 2 is 1.07 bits per heavy atom. The summed E-state index contributed by atoms with van der Waals surface area (Å²) in [5.41, 5.74) is 12.6. The van der Waals surface area contributed by atoms with Crippen LogP contribution in [0.3, 0.4) is 0 Å². The van der Waals surface area contributed by atoms with Gasteiger partial charge in [-0.3, -0.25) is 0 Å². The van der Waals surface area contributed by atoms with Crippen molar-refractivity contribution in [3.05, 3.63) is 192 Å². The fourth-order valence-electron chi connectivity index (χ4n) is 8.29. The van der Waals surface area contributed by atoms with Crippen LogP contribution in [0.5, 0.6) is 0 Å². The zero-order valence-corrected chi connectivity index (χ0v) is 25.9. The average Bonchev–Trinajstić information content (AvgIpc) is 3.43. The standard InChI is InChI=1S/C45H28S/c1-2-15-32(16-3-1)45(39-22-9-7-19-37(39)44-34-18-5-4-12-29(34)25-27-40(44)45)38-21-8-6-17-33(38)31-24-26-35-36-20-10-13-30-14-11-23-41(43(30)36)46-42(35)28-31/h1-28H. The van der Waals surface area contributed by atoms with Crippen molar-refractivity contribution in [1.29, 1.82) is 0 Å². The highest BCUT2D eigenvalue weighted by Gasteiger charge is 2.47. The molecule has 10 rings (SSSR count). The highest BCUT2D eigenvalue weighted by atomic mass is 32.2. The Bertz CT molecular complexity index is 2500. The SMILES string of the molecule is c1ccc(C2(c3ccccc3-c3ccc4c(c3)Sc3cccc5cccc-4c35)c3ccccc3-c3c2ccc2ccccc32)cc1. The average molecular weight is 601 g/mol. The molecule has 0 nitrogen and oxygen atoms in total. The van der Waals surface area contributed by atoms with E-state index >= 15 is 0 Å². The number of hydrogen-bond acceptors (Lipinski definition) is 1. The number of benzene rings is 8. The molecule has 2 aliphatic rings. The van der Waals surface area contributed by atoms with E-state index in [9.17, 15) is 0 Å². The van der Waals surface area contributed by atoms with E-state index in [0.29, 0.717) is 0 Å². The van der Waals surface area contributed by atoms with Gasteiger partial charge >= 0.3 is 0 Å². The van der Waals surface area contributed by atoms with Crippen molar-refractivity contribution in [2.24, 2.45) is 0 Å². The number of hydrogen-bond donors (Lipinski definition) is 0. The lowest BCUT2D eigenvalue weighted by Gasteiger charge is -2.35. The summed E-state index contributed by atoms with van der Waals surface area (Å²) in [7, 11) is 0. The molecule has 1 unspecified atom stereocenters. The minimum absolute atomic E-state index is 0.477. The van der Waals surface area contributed by atoms with Crippen LogP contribution in [0.4, 0.5) is 0 Å². The smallest absolute Gasteiger partial charge is 0.0719 e. The van der Waals surface area contributed by atoms with Crippen LogP contribution in [0.1, 0.15) is 22.3 Å². The van der Waals surface area contributed by atoms with Gasteiger partial charge in [-0.05, 0) is 83.9 Å². The van der Waals surface area contributed by atoms with E-state index in [0.717, 1.165) is 0 Å². The Kier molecular flexibility index (Phi) is 5.53. The molecule has 1 aliphatic heterocycles. The Labute approximate surface area is 273 Å². The molecule has 1 heteroatoms. The van der Waals surface area contributed by atoms with Gasteiger partial charge in [0, 0.05) is 15.2 Å². The van der Waals surface area contributed by atoms with E-state index < -0.39 is 5.41 Å². The zero-order chi connectivity index (χ0) is 30.2. The third kappa shape index (κ3) is 3.47. The minimum atomic E-state index is -0.477. The van der Waals surface area contributed by atoms with Crippen molar-refractivity contribution in [1.82, 2.24) is 0 Å². The Balaban J connectivity index is 1.27. The van der Waals surface area contributed by atoms with Gasteiger partial charge in [0.2, 0.25) is 0 Å². The van der Waals surface area contributed by atoms with Gasteiger partial charge in [-0.2, -0.15) is 0 Å². The van der Waals surface area contributed by atoms with Crippen LogP contribution in [0, 0.1) is 0 Å². The summed E-state index contributed by atoms with van der Waals surface area (Å²) < 4.78 is 0. The van der Waals surface area contributed by atoms with E-state index in [1.807, 2.05) is 11.8 Å². The van der Waals surface area contributed by atoms with Gasteiger partial charge < -0.3 is 0 Å². The Hall–Kier alpha value is -5.37. The van der Waals surface area contributed by atoms with E-state index in [4.69, 9.17) is 0 Å². The van der Waals surface area contributed by atoms with Gasteiger partial charge in [-0.25, -0.2) is 0 Å². The van der Waals surface area contributed by atoms with Crippen molar-refractivity contribution < 1.29 is 0 Å². The van der Waals surface area contributed by atoms with Gasteiger partial charge in [0.1, 0.15) is 0 Å². The molecule has 1 aliphatic carbocycles. The molecule has 8 aromatic rings. The molecule has 0 fully saturated rings. The summed E-state index contributed by atoms with van der Waals surface area (Å²) in [5, 5.41) is 5.25. The number of rotatable bonds is 3. The first-order valence-corrected chi connectivity index (χ1v) is 16.8. The molecule has 0 radical (unpaired) electrons. The maximum Gasteiger partial charge on any atom is 0.0719 e. The molecule has 8 aromatic carbocycles. The molecular weight excluding hydrogens is 573 g/mol. The van der Waals surface area contributed by atoms with Crippen molar-refractivity contribution in [2.75, 3.05) is 0 Å². The normalized spacial score (nSPS) is 15.8. The first-order chi connectivity index (χ1) is 22.8. The second-order valence-corrected chi connectivity index (χ2v) is 13.5. The van der Waals surface area contributed by atoms with E-state index in [2.05, 4.69) is 170 Å². The molecule has 214 valence electrons. The van der Waals surface area contributed by atoms with E-state index in [1.54, 1.807) is 0 Å². The first kappa shape index (κ1) is 25.9. The maximum atomic E-state index is 2.43. The maximum absolute atomic E-state index is 2.43. The molecule has 0 aromatic heterocycles. The fraction of sp³-hybridized carbons (Fsp3) is 0.0222. The lowest BCUT2D eigenvalue weighted by Crippen LogP contribution is -2.29. The summed E-state index contributed by atoms with van der Waals surface area (Å²) in [5.74, 6) is 0. The van der Waals surface area contributed by atoms with Crippen LogP contribution in [-0.2, 0) is 5.41 Å². The fourth-order valence-corrected chi connectivity index (χ4v) is 9.47. The Morgan fingerprint density at radius 1 is 0.391 bits per heavy atom. The lowest BCUT2D eigenvalue weighted by molar-refractivity contribution is 0.771. The lowest BCUT2D eigenvalue weighted by atomic mass is 9.65. The third-order valence-electron chi connectivity index (χ3n) is 10.1. The molecule has 1 heterocycles. The second-order valence-electron chi connectivity index (χ2n) is 12.4. The molecular formula is C45H28S. The predicted molar refractivity (Wildman–Crippen MR) is 194 cm³/mol. The molecule has 0 spiro atoms. The Morgan fingerprint density at radius 3 is 1.93 bits per heavy atom. The molecule has 0 N–H and O–H groups in total. The van der Waals surface area contributed by atoms with Crippen molar-refractivity contribution >= 4 is 33.3 Å². The summed E-state index contributed by atoms with van der Waals surface area (Å²) >= 11 is 1.90. The van der Waals surface area contributed by atoms with E-state index in [-0.39, 0.29) is 0 Å². The van der Waals surface area contributed by atoms with Crippen molar-refractivity contribution in [3.8, 4) is 33.4 Å². The highest BCUT2D eigenvalue weighted by molar-refractivity contribution is 7.99. The van der Waals surface area contributed by atoms with Crippen molar-refractivity contribution in [2.45, 2.75) is 15.2 Å². The van der Waals surface area contributed by atoms with Gasteiger partial charge in [0.15, 0.2) is 0 Å². The quantitative estimate of drug-likeness (QED) is 0.194. The van der Waals surface area contributed by atoms with Crippen LogP contribution in [-0.4, -0.2) is 0 Å². The summed E-state index contributed by atoms with van der Waals surface area (Å²) in [6.45, 7) is 0. The summed E-state index contributed by atoms with van der Waals surface area (Å²) in [6.07, 6.45) is 0. The highest BCUT2D eigenvalue weighted by Crippen LogP contribution is 2.59. The molecule has 0 bridgehead atoms. The van der Waals surface area contributed by atoms with Gasteiger partial charge in [-0.15, -0.1) is 0 Å². The molecule has 0 saturated heterocycles.